The van der Waals surface area contributed by atoms with E-state index in [-0.39, 0.29) is 7.92 Å². The van der Waals surface area contributed by atoms with Crippen molar-refractivity contribution in [2.45, 2.75) is 58.8 Å². The fourth-order valence-electron chi connectivity index (χ4n) is 2.89. The first-order valence-corrected chi connectivity index (χ1v) is 9.33. The molecule has 2 aromatic carbocycles. The van der Waals surface area contributed by atoms with Crippen LogP contribution in [0.15, 0.2) is 60.7 Å². The van der Waals surface area contributed by atoms with Gasteiger partial charge in [-0.2, -0.15) is 0 Å². The van der Waals surface area contributed by atoms with E-state index in [1.165, 1.54) is 10.9 Å². The van der Waals surface area contributed by atoms with Crippen molar-refractivity contribution in [3.8, 4) is 0 Å². The van der Waals surface area contributed by atoms with Crippen LogP contribution in [0.5, 0.6) is 0 Å². The van der Waals surface area contributed by atoms with Crippen molar-refractivity contribution in [1.82, 2.24) is 0 Å². The lowest BCUT2D eigenvalue weighted by Gasteiger charge is -2.41. The Morgan fingerprint density at radius 3 is 1.23 bits per heavy atom. The maximum Gasteiger partial charge on any atom is -0.0134 e. The van der Waals surface area contributed by atoms with Gasteiger partial charge >= 0.3 is 0 Å². The molecule has 2 aromatic rings. The molecule has 0 heterocycles. The Hall–Kier alpha value is -1.13. The van der Waals surface area contributed by atoms with Gasteiger partial charge in [-0.25, -0.2) is 0 Å². The fraction of sp³-hybridized carbons (Fsp3) is 0.429. The zero-order chi connectivity index (χ0) is 16.8. The van der Waals surface area contributed by atoms with Gasteiger partial charge in [0, 0.05) is 0 Å². The van der Waals surface area contributed by atoms with Crippen LogP contribution in [-0.2, 0) is 0 Å². The van der Waals surface area contributed by atoms with Crippen LogP contribution in [0.1, 0.15) is 47.1 Å². The van der Waals surface area contributed by atoms with Crippen LogP contribution in [0.25, 0.3) is 0 Å². The molecule has 22 heavy (non-hydrogen) atoms. The fourth-order valence-corrected chi connectivity index (χ4v) is 6.92. The van der Waals surface area contributed by atoms with Crippen molar-refractivity contribution in [2.75, 3.05) is 0 Å². The summed E-state index contributed by atoms with van der Waals surface area (Å²) in [6.07, 6.45) is 0. The topological polar surface area (TPSA) is 0 Å². The molecule has 0 aliphatic rings. The lowest BCUT2D eigenvalue weighted by atomic mass is 10.2. The van der Waals surface area contributed by atoms with E-state index in [1.54, 1.807) is 0 Å². The summed E-state index contributed by atoms with van der Waals surface area (Å²) < 4.78 is 0. The molecule has 0 aliphatic carbocycles. The Labute approximate surface area is 138 Å². The molecular weight excluding hydrogens is 283 g/mol. The van der Waals surface area contributed by atoms with Crippen LogP contribution in [0.4, 0.5) is 0 Å². The zero-order valence-corrected chi connectivity index (χ0v) is 16.1. The Morgan fingerprint density at radius 2 is 0.955 bits per heavy atom. The summed E-state index contributed by atoms with van der Waals surface area (Å²) >= 11 is 0. The van der Waals surface area contributed by atoms with Crippen molar-refractivity contribution in [3.05, 3.63) is 66.2 Å². The summed E-state index contributed by atoms with van der Waals surface area (Å²) in [5.41, 5.74) is 1.32. The summed E-state index contributed by atoms with van der Waals surface area (Å²) in [6.45, 7) is 16.2. The van der Waals surface area contributed by atoms with E-state index in [2.05, 4.69) is 90.9 Å². The molecule has 0 atom stereocenters. The molecule has 0 amide bonds. The van der Waals surface area contributed by atoms with E-state index in [4.69, 9.17) is 0 Å². The van der Waals surface area contributed by atoms with E-state index in [0.29, 0.717) is 10.3 Å². The molecule has 0 bridgehead atoms. The van der Waals surface area contributed by atoms with Crippen molar-refractivity contribution in [3.63, 3.8) is 0 Å². The Kier molecular flexibility index (Phi) is 6.82. The number of hydrogen-bond acceptors (Lipinski definition) is 0. The molecule has 0 spiro atoms. The third-order valence-corrected chi connectivity index (χ3v) is 6.79. The second-order valence-corrected chi connectivity index (χ2v) is 11.5. The first-order chi connectivity index (χ1) is 10.1. The van der Waals surface area contributed by atoms with E-state index in [9.17, 15) is 0 Å². The van der Waals surface area contributed by atoms with E-state index >= 15 is 0 Å². The molecule has 120 valence electrons. The molecule has 2 rings (SSSR count). The zero-order valence-electron chi connectivity index (χ0n) is 15.2. The maximum absolute atomic E-state index is 2.36. The van der Waals surface area contributed by atoms with Gasteiger partial charge in [-0.1, -0.05) is 116 Å². The third kappa shape index (κ3) is 6.32. The van der Waals surface area contributed by atoms with Gasteiger partial charge in [0.15, 0.2) is 0 Å². The monoisotopic (exact) mass is 314 g/mol. The number of rotatable bonds is 1. The molecule has 0 aliphatic heterocycles. The van der Waals surface area contributed by atoms with E-state index in [1.807, 2.05) is 18.2 Å². The highest BCUT2D eigenvalue weighted by Crippen LogP contribution is 2.57. The predicted octanol–water partition coefficient (Wildman–Crippen LogP) is 6.39. The number of aryl methyl sites for hydroxylation is 1. The molecule has 0 nitrogen and oxygen atoms in total. The van der Waals surface area contributed by atoms with Crippen molar-refractivity contribution in [2.24, 2.45) is 0 Å². The minimum atomic E-state index is -0.138. The van der Waals surface area contributed by atoms with Crippen molar-refractivity contribution < 1.29 is 0 Å². The van der Waals surface area contributed by atoms with Gasteiger partial charge in [0.2, 0.25) is 0 Å². The molecule has 0 aromatic heterocycles. The van der Waals surface area contributed by atoms with Gasteiger partial charge in [-0.3, -0.25) is 0 Å². The molecule has 0 unspecified atom stereocenters. The van der Waals surface area contributed by atoms with Crippen LogP contribution in [-0.4, -0.2) is 10.3 Å². The number of benzene rings is 2. The van der Waals surface area contributed by atoms with Gasteiger partial charge in [-0.05, 0) is 22.5 Å². The predicted molar refractivity (Wildman–Crippen MR) is 104 cm³/mol. The van der Waals surface area contributed by atoms with Crippen LogP contribution in [0.3, 0.4) is 0 Å². The lowest BCUT2D eigenvalue weighted by molar-refractivity contribution is 0.715. The van der Waals surface area contributed by atoms with Crippen LogP contribution in [0.2, 0.25) is 0 Å². The van der Waals surface area contributed by atoms with Gasteiger partial charge in [-0.15, -0.1) is 0 Å². The average molecular weight is 314 g/mol. The highest BCUT2D eigenvalue weighted by molar-refractivity contribution is 7.68. The molecule has 0 radical (unpaired) electrons. The average Bonchev–Trinajstić information content (AvgIpc) is 2.38. The summed E-state index contributed by atoms with van der Waals surface area (Å²) in [4.78, 5) is 0. The molecule has 0 fully saturated rings. The van der Waals surface area contributed by atoms with Crippen LogP contribution < -0.4 is 5.30 Å². The molecule has 1 heteroatoms. The van der Waals surface area contributed by atoms with Gasteiger partial charge in [0.25, 0.3) is 0 Å². The Bertz CT molecular complexity index is 516. The molecule has 0 N–H and O–H groups in total. The van der Waals surface area contributed by atoms with Gasteiger partial charge in [0.1, 0.15) is 0 Å². The maximum atomic E-state index is 2.36. The number of hydrogen-bond donors (Lipinski definition) is 0. The summed E-state index contributed by atoms with van der Waals surface area (Å²) in [7, 11) is -0.138. The van der Waals surface area contributed by atoms with Crippen LogP contribution >= 0.6 is 7.92 Å². The second-order valence-electron chi connectivity index (χ2n) is 7.67. The largest absolute Gasteiger partial charge is 0.0643 e. The van der Waals surface area contributed by atoms with E-state index in [0.717, 1.165) is 0 Å². The summed E-state index contributed by atoms with van der Waals surface area (Å²) in [5, 5.41) is 2.26. The van der Waals surface area contributed by atoms with Gasteiger partial charge in [0.05, 0.1) is 0 Å². The molecular formula is C21H31P. The Morgan fingerprint density at radius 1 is 0.591 bits per heavy atom. The standard InChI is InChI=1S/C14H23P.C7H8/c1-13(2,3)15(14(4,5)6)12-10-8-7-9-11-12;1-7-5-3-2-4-6-7/h7-11H,1-6H3;2-6H,1H3. The second kappa shape index (κ2) is 7.93. The highest BCUT2D eigenvalue weighted by Gasteiger charge is 2.35. The minimum absolute atomic E-state index is 0.138. The van der Waals surface area contributed by atoms with E-state index < -0.39 is 0 Å². The summed E-state index contributed by atoms with van der Waals surface area (Å²) in [5.74, 6) is 0. The Balaban J connectivity index is 0.000000287. The highest BCUT2D eigenvalue weighted by atomic mass is 31.1. The normalized spacial score (nSPS) is 11.8. The molecule has 0 saturated carbocycles. The third-order valence-electron chi connectivity index (χ3n) is 3.30. The smallest absolute Gasteiger partial charge is 0.0134 e. The van der Waals surface area contributed by atoms with Crippen molar-refractivity contribution in [1.29, 1.82) is 0 Å². The quantitative estimate of drug-likeness (QED) is 0.535. The molecule has 0 saturated heterocycles. The lowest BCUT2D eigenvalue weighted by Crippen LogP contribution is -2.30. The first-order valence-electron chi connectivity index (χ1n) is 7.99. The summed E-state index contributed by atoms with van der Waals surface area (Å²) in [6, 6.07) is 21.2. The SMILES string of the molecule is CC(C)(C)P(c1ccccc1)C(C)(C)C.Cc1ccccc1. The van der Waals surface area contributed by atoms with Gasteiger partial charge < -0.3 is 0 Å². The van der Waals surface area contributed by atoms with Crippen LogP contribution in [0, 0.1) is 6.92 Å². The first kappa shape index (κ1) is 18.9. The van der Waals surface area contributed by atoms with Crippen molar-refractivity contribution >= 4 is 13.2 Å². The minimum Gasteiger partial charge on any atom is -0.0643 e.